The van der Waals surface area contributed by atoms with E-state index in [-0.39, 0.29) is 0 Å². The highest BCUT2D eigenvalue weighted by atomic mass is 35.5. The fraction of sp³-hybridized carbons (Fsp3) is 0.217. The Kier molecular flexibility index (Phi) is 7.06. The first-order valence-electron chi connectivity index (χ1n) is 8.92. The summed E-state index contributed by atoms with van der Waals surface area (Å²) < 4.78 is 16.8. The molecule has 4 nitrogen and oxygen atoms in total. The van der Waals surface area contributed by atoms with Gasteiger partial charge < -0.3 is 19.3 Å². The summed E-state index contributed by atoms with van der Waals surface area (Å²) >= 11 is 6.27. The molecule has 28 heavy (non-hydrogen) atoms. The van der Waals surface area contributed by atoms with E-state index >= 15 is 0 Å². The lowest BCUT2D eigenvalue weighted by Crippen LogP contribution is -2.11. The number of aliphatic hydroxyl groups excluding tert-OH is 1. The number of halogens is 1. The average Bonchev–Trinajstić information content (AvgIpc) is 2.74. The lowest BCUT2D eigenvalue weighted by molar-refractivity contribution is -0.107. The van der Waals surface area contributed by atoms with Crippen LogP contribution in [-0.2, 0) is 16.1 Å². The molecule has 3 aromatic carbocycles. The van der Waals surface area contributed by atoms with Crippen molar-refractivity contribution in [2.75, 3.05) is 14.2 Å². The van der Waals surface area contributed by atoms with Crippen LogP contribution < -0.4 is 4.74 Å². The predicted molar refractivity (Wildman–Crippen MR) is 109 cm³/mol. The van der Waals surface area contributed by atoms with Crippen LogP contribution in [0.25, 0.3) is 0 Å². The molecule has 1 atom stereocenters. The van der Waals surface area contributed by atoms with Gasteiger partial charge in [0.05, 0.1) is 0 Å². The number of methoxy groups -OCH3 is 2. The van der Waals surface area contributed by atoms with Crippen molar-refractivity contribution in [1.29, 1.82) is 0 Å². The van der Waals surface area contributed by atoms with Crippen LogP contribution in [0.3, 0.4) is 0 Å². The summed E-state index contributed by atoms with van der Waals surface area (Å²) in [4.78, 5) is 0. The first kappa shape index (κ1) is 20.4. The standard InChI is InChI=1S/C23H23ClO4/c1-26-23(27-2)20-14-17(28-15-16-8-4-3-5-9-16)12-13-18(20)22(25)19-10-6-7-11-21(19)24/h3-14,22-23,25H,15H2,1-2H3. The molecule has 0 amide bonds. The van der Waals surface area contributed by atoms with Gasteiger partial charge in [-0.2, -0.15) is 0 Å². The minimum atomic E-state index is -0.917. The molecule has 0 saturated carbocycles. The Morgan fingerprint density at radius 2 is 1.50 bits per heavy atom. The second kappa shape index (κ2) is 9.71. The Morgan fingerprint density at radius 1 is 0.821 bits per heavy atom. The molecule has 0 bridgehead atoms. The zero-order valence-corrected chi connectivity index (χ0v) is 16.6. The highest BCUT2D eigenvalue weighted by Crippen LogP contribution is 2.35. The molecular weight excluding hydrogens is 376 g/mol. The predicted octanol–water partition coefficient (Wildman–Crippen LogP) is 5.29. The average molecular weight is 399 g/mol. The third-order valence-corrected chi connectivity index (χ3v) is 4.83. The summed E-state index contributed by atoms with van der Waals surface area (Å²) in [6.07, 6.45) is -1.56. The van der Waals surface area contributed by atoms with Crippen molar-refractivity contribution in [3.63, 3.8) is 0 Å². The molecule has 0 saturated heterocycles. The quantitative estimate of drug-likeness (QED) is 0.523. The van der Waals surface area contributed by atoms with E-state index in [0.29, 0.717) is 34.1 Å². The van der Waals surface area contributed by atoms with Gasteiger partial charge in [0.15, 0.2) is 6.29 Å². The molecule has 0 heterocycles. The van der Waals surface area contributed by atoms with Crippen molar-refractivity contribution in [2.45, 2.75) is 19.0 Å². The van der Waals surface area contributed by atoms with E-state index in [1.165, 1.54) is 0 Å². The molecule has 0 fully saturated rings. The van der Waals surface area contributed by atoms with Crippen molar-refractivity contribution < 1.29 is 19.3 Å². The second-order valence-electron chi connectivity index (χ2n) is 6.29. The van der Waals surface area contributed by atoms with Gasteiger partial charge in [-0.1, -0.05) is 66.2 Å². The van der Waals surface area contributed by atoms with Crippen molar-refractivity contribution in [1.82, 2.24) is 0 Å². The van der Waals surface area contributed by atoms with Gasteiger partial charge in [-0.25, -0.2) is 0 Å². The molecular formula is C23H23ClO4. The van der Waals surface area contributed by atoms with Gasteiger partial charge in [0.2, 0.25) is 0 Å². The molecule has 0 spiro atoms. The number of benzene rings is 3. The van der Waals surface area contributed by atoms with Crippen molar-refractivity contribution in [3.05, 3.63) is 100 Å². The molecule has 3 aromatic rings. The van der Waals surface area contributed by atoms with Crippen LogP contribution in [-0.4, -0.2) is 19.3 Å². The maximum absolute atomic E-state index is 11.0. The van der Waals surface area contributed by atoms with E-state index < -0.39 is 12.4 Å². The fourth-order valence-electron chi connectivity index (χ4n) is 3.05. The zero-order chi connectivity index (χ0) is 19.9. The summed E-state index contributed by atoms with van der Waals surface area (Å²) in [5.41, 5.74) is 3.02. The van der Waals surface area contributed by atoms with Crippen molar-refractivity contribution >= 4 is 11.6 Å². The summed E-state index contributed by atoms with van der Waals surface area (Å²) in [7, 11) is 3.11. The molecule has 0 radical (unpaired) electrons. The molecule has 0 aliphatic heterocycles. The molecule has 0 aromatic heterocycles. The number of rotatable bonds is 8. The molecule has 5 heteroatoms. The first-order chi connectivity index (χ1) is 13.6. The highest BCUT2D eigenvalue weighted by Gasteiger charge is 2.22. The van der Waals surface area contributed by atoms with Crippen LogP contribution in [0, 0.1) is 0 Å². The smallest absolute Gasteiger partial charge is 0.183 e. The molecule has 1 unspecified atom stereocenters. The maximum Gasteiger partial charge on any atom is 0.183 e. The number of ether oxygens (including phenoxy) is 3. The van der Waals surface area contributed by atoms with E-state index in [1.807, 2.05) is 60.7 Å². The molecule has 0 aliphatic carbocycles. The zero-order valence-electron chi connectivity index (χ0n) is 15.8. The Hall–Kier alpha value is -2.37. The molecule has 1 N–H and O–H groups in total. The summed E-state index contributed by atoms with van der Waals surface area (Å²) in [6, 6.07) is 22.6. The summed E-state index contributed by atoms with van der Waals surface area (Å²) in [5.74, 6) is 0.660. The van der Waals surface area contributed by atoms with Crippen molar-refractivity contribution in [2.24, 2.45) is 0 Å². The Bertz CT molecular complexity index is 894. The maximum atomic E-state index is 11.0. The van der Waals surface area contributed by atoms with Crippen LogP contribution in [0.4, 0.5) is 0 Å². The first-order valence-corrected chi connectivity index (χ1v) is 9.30. The van der Waals surface area contributed by atoms with E-state index in [9.17, 15) is 5.11 Å². The van der Waals surface area contributed by atoms with Crippen LogP contribution in [0.5, 0.6) is 5.75 Å². The lowest BCUT2D eigenvalue weighted by atomic mass is 9.96. The number of hydrogen-bond acceptors (Lipinski definition) is 4. The van der Waals surface area contributed by atoms with E-state index in [1.54, 1.807) is 26.4 Å². The van der Waals surface area contributed by atoms with Gasteiger partial charge in [0.1, 0.15) is 18.5 Å². The van der Waals surface area contributed by atoms with Gasteiger partial charge in [-0.15, -0.1) is 0 Å². The minimum Gasteiger partial charge on any atom is -0.489 e. The van der Waals surface area contributed by atoms with Crippen molar-refractivity contribution in [3.8, 4) is 5.75 Å². The third kappa shape index (κ3) is 4.72. The lowest BCUT2D eigenvalue weighted by Gasteiger charge is -2.22. The summed E-state index contributed by atoms with van der Waals surface area (Å²) in [5, 5.41) is 11.5. The van der Waals surface area contributed by atoms with E-state index in [0.717, 1.165) is 5.56 Å². The number of hydrogen-bond donors (Lipinski definition) is 1. The Balaban J connectivity index is 1.92. The van der Waals surface area contributed by atoms with Crippen LogP contribution in [0.15, 0.2) is 72.8 Å². The SMILES string of the molecule is COC(OC)c1cc(OCc2ccccc2)ccc1C(O)c1ccccc1Cl. The second-order valence-corrected chi connectivity index (χ2v) is 6.70. The largest absolute Gasteiger partial charge is 0.489 e. The van der Waals surface area contributed by atoms with E-state index in [2.05, 4.69) is 0 Å². The van der Waals surface area contributed by atoms with Gasteiger partial charge in [-0.3, -0.25) is 0 Å². The van der Waals surface area contributed by atoms with Gasteiger partial charge in [-0.05, 0) is 29.3 Å². The monoisotopic (exact) mass is 398 g/mol. The minimum absolute atomic E-state index is 0.442. The Labute approximate surface area is 170 Å². The molecule has 146 valence electrons. The van der Waals surface area contributed by atoms with Gasteiger partial charge in [0.25, 0.3) is 0 Å². The van der Waals surface area contributed by atoms with Crippen LogP contribution in [0.1, 0.15) is 34.6 Å². The fourth-order valence-corrected chi connectivity index (χ4v) is 3.29. The normalized spacial score (nSPS) is 12.2. The van der Waals surface area contributed by atoms with Gasteiger partial charge >= 0.3 is 0 Å². The topological polar surface area (TPSA) is 47.9 Å². The molecule has 0 aliphatic rings. The van der Waals surface area contributed by atoms with E-state index in [4.69, 9.17) is 25.8 Å². The summed E-state index contributed by atoms with van der Waals surface area (Å²) in [6.45, 7) is 0.442. The van der Waals surface area contributed by atoms with Gasteiger partial charge in [0, 0.05) is 30.4 Å². The molecule has 3 rings (SSSR count). The highest BCUT2D eigenvalue weighted by molar-refractivity contribution is 6.31. The number of aliphatic hydroxyl groups is 1. The van der Waals surface area contributed by atoms with Crippen LogP contribution >= 0.6 is 11.6 Å². The van der Waals surface area contributed by atoms with Crippen LogP contribution in [0.2, 0.25) is 5.02 Å². The Morgan fingerprint density at radius 3 is 2.18 bits per heavy atom. The third-order valence-electron chi connectivity index (χ3n) is 4.48.